The van der Waals surface area contributed by atoms with E-state index in [0.717, 1.165) is 25.3 Å². The molecule has 0 spiro atoms. The molecule has 1 aromatic carbocycles. The lowest BCUT2D eigenvalue weighted by atomic mass is 10.2. The molecule has 0 fully saturated rings. The zero-order valence-electron chi connectivity index (χ0n) is 9.16. The van der Waals surface area contributed by atoms with Crippen LogP contribution in [0.3, 0.4) is 0 Å². The quantitative estimate of drug-likeness (QED) is 0.726. The number of benzene rings is 1. The first kappa shape index (κ1) is 11.1. The van der Waals surface area contributed by atoms with E-state index in [1.807, 2.05) is 12.1 Å². The highest BCUT2D eigenvalue weighted by atomic mass is 15.1. The summed E-state index contributed by atoms with van der Waals surface area (Å²) in [7, 11) is 0. The minimum Gasteiger partial charge on any atom is -0.399 e. The van der Waals surface area contributed by atoms with Crippen molar-refractivity contribution < 1.29 is 0 Å². The van der Waals surface area contributed by atoms with E-state index in [4.69, 9.17) is 5.73 Å². The molecule has 0 heterocycles. The summed E-state index contributed by atoms with van der Waals surface area (Å²) >= 11 is 0. The Balaban J connectivity index is 2.57. The fourth-order valence-electron chi connectivity index (χ4n) is 1.61. The normalized spacial score (nSPS) is 10.8. The molecule has 0 aliphatic heterocycles. The van der Waals surface area contributed by atoms with Crippen LogP contribution in [0.25, 0.3) is 0 Å². The van der Waals surface area contributed by atoms with Gasteiger partial charge in [-0.05, 0) is 37.2 Å². The maximum Gasteiger partial charge on any atom is 0.0317 e. The predicted octanol–water partition coefficient (Wildman–Crippen LogP) is 2.50. The van der Waals surface area contributed by atoms with Crippen LogP contribution in [0.5, 0.6) is 0 Å². The van der Waals surface area contributed by atoms with Gasteiger partial charge in [-0.3, -0.25) is 4.90 Å². The molecule has 1 rings (SSSR count). The van der Waals surface area contributed by atoms with Crippen LogP contribution in [0.1, 0.15) is 25.8 Å². The molecular formula is C12H20N2. The molecule has 0 unspecified atom stereocenters. The maximum absolute atomic E-state index is 5.73. The lowest BCUT2D eigenvalue weighted by Gasteiger charge is -2.19. The van der Waals surface area contributed by atoms with E-state index in [1.165, 1.54) is 12.0 Å². The summed E-state index contributed by atoms with van der Waals surface area (Å²) in [6.45, 7) is 7.67. The van der Waals surface area contributed by atoms with Gasteiger partial charge in [-0.25, -0.2) is 0 Å². The molecule has 2 N–H and O–H groups in total. The van der Waals surface area contributed by atoms with Crippen LogP contribution in [0, 0.1) is 0 Å². The van der Waals surface area contributed by atoms with Crippen molar-refractivity contribution in [3.8, 4) is 0 Å². The molecule has 0 radical (unpaired) electrons. The summed E-state index contributed by atoms with van der Waals surface area (Å²) in [5.74, 6) is 0. The summed E-state index contributed by atoms with van der Waals surface area (Å²) in [5, 5.41) is 0. The Hall–Kier alpha value is -1.02. The van der Waals surface area contributed by atoms with Crippen molar-refractivity contribution in [2.24, 2.45) is 0 Å². The van der Waals surface area contributed by atoms with Crippen molar-refractivity contribution in [1.29, 1.82) is 0 Å². The maximum atomic E-state index is 5.73. The number of nitrogens with zero attached hydrogens (tertiary/aromatic N) is 1. The van der Waals surface area contributed by atoms with Crippen molar-refractivity contribution in [1.82, 2.24) is 4.90 Å². The number of hydrogen-bond acceptors (Lipinski definition) is 2. The standard InChI is InChI=1S/C12H20N2/c1-3-8-14(4-2)10-11-6-5-7-12(13)9-11/h5-7,9H,3-4,8,10,13H2,1-2H3. The van der Waals surface area contributed by atoms with Crippen LogP contribution in [0.4, 0.5) is 5.69 Å². The van der Waals surface area contributed by atoms with E-state index < -0.39 is 0 Å². The lowest BCUT2D eigenvalue weighted by Crippen LogP contribution is -2.23. The Morgan fingerprint density at radius 1 is 1.29 bits per heavy atom. The second-order valence-electron chi connectivity index (χ2n) is 3.61. The van der Waals surface area contributed by atoms with Gasteiger partial charge in [0.2, 0.25) is 0 Å². The van der Waals surface area contributed by atoms with E-state index in [2.05, 4.69) is 30.9 Å². The highest BCUT2D eigenvalue weighted by molar-refractivity contribution is 5.40. The minimum absolute atomic E-state index is 0.857. The third-order valence-corrected chi connectivity index (χ3v) is 2.34. The van der Waals surface area contributed by atoms with E-state index in [9.17, 15) is 0 Å². The minimum atomic E-state index is 0.857. The molecule has 0 amide bonds. The fourth-order valence-corrected chi connectivity index (χ4v) is 1.61. The van der Waals surface area contributed by atoms with Crippen LogP contribution in [0.2, 0.25) is 0 Å². The SMILES string of the molecule is CCCN(CC)Cc1cccc(N)c1. The van der Waals surface area contributed by atoms with Crippen LogP contribution in [0.15, 0.2) is 24.3 Å². The molecule has 2 heteroatoms. The molecule has 14 heavy (non-hydrogen) atoms. The number of hydrogen-bond donors (Lipinski definition) is 1. The Bertz CT molecular complexity index is 271. The molecule has 1 aromatic rings. The Morgan fingerprint density at radius 3 is 2.64 bits per heavy atom. The smallest absolute Gasteiger partial charge is 0.0317 e. The first-order valence-corrected chi connectivity index (χ1v) is 5.33. The van der Waals surface area contributed by atoms with Gasteiger partial charge in [0, 0.05) is 12.2 Å². The zero-order chi connectivity index (χ0) is 10.4. The molecule has 0 aromatic heterocycles. The fraction of sp³-hybridized carbons (Fsp3) is 0.500. The second kappa shape index (κ2) is 5.66. The van der Waals surface area contributed by atoms with Gasteiger partial charge < -0.3 is 5.73 Å². The van der Waals surface area contributed by atoms with Crippen LogP contribution in [-0.4, -0.2) is 18.0 Å². The van der Waals surface area contributed by atoms with Gasteiger partial charge >= 0.3 is 0 Å². The largest absolute Gasteiger partial charge is 0.399 e. The highest BCUT2D eigenvalue weighted by Gasteiger charge is 2.01. The van der Waals surface area contributed by atoms with Crippen LogP contribution < -0.4 is 5.73 Å². The van der Waals surface area contributed by atoms with Gasteiger partial charge in [-0.15, -0.1) is 0 Å². The van der Waals surface area contributed by atoms with Crippen molar-refractivity contribution in [3.63, 3.8) is 0 Å². The topological polar surface area (TPSA) is 29.3 Å². The summed E-state index contributed by atoms with van der Waals surface area (Å²) in [4.78, 5) is 2.43. The molecule has 0 saturated heterocycles. The number of nitrogens with two attached hydrogens (primary N) is 1. The molecular weight excluding hydrogens is 172 g/mol. The molecule has 0 atom stereocenters. The number of rotatable bonds is 5. The van der Waals surface area contributed by atoms with Gasteiger partial charge in [-0.2, -0.15) is 0 Å². The van der Waals surface area contributed by atoms with Crippen molar-refractivity contribution in [2.45, 2.75) is 26.8 Å². The molecule has 0 aliphatic rings. The first-order chi connectivity index (χ1) is 6.76. The Morgan fingerprint density at radius 2 is 2.07 bits per heavy atom. The van der Waals surface area contributed by atoms with Gasteiger partial charge in [0.1, 0.15) is 0 Å². The molecule has 0 aliphatic carbocycles. The average molecular weight is 192 g/mol. The van der Waals surface area contributed by atoms with Gasteiger partial charge in [0.15, 0.2) is 0 Å². The third kappa shape index (κ3) is 3.38. The monoisotopic (exact) mass is 192 g/mol. The van der Waals surface area contributed by atoms with Crippen molar-refractivity contribution in [2.75, 3.05) is 18.8 Å². The van der Waals surface area contributed by atoms with E-state index in [-0.39, 0.29) is 0 Å². The summed E-state index contributed by atoms with van der Waals surface area (Å²) in [6, 6.07) is 8.14. The van der Waals surface area contributed by atoms with Crippen LogP contribution >= 0.6 is 0 Å². The Labute approximate surface area is 86.7 Å². The number of anilines is 1. The van der Waals surface area contributed by atoms with E-state index >= 15 is 0 Å². The first-order valence-electron chi connectivity index (χ1n) is 5.33. The lowest BCUT2D eigenvalue weighted by molar-refractivity contribution is 0.280. The summed E-state index contributed by atoms with van der Waals surface area (Å²) < 4.78 is 0. The number of nitrogen functional groups attached to an aromatic ring is 1. The summed E-state index contributed by atoms with van der Waals surface area (Å²) in [5.41, 5.74) is 7.89. The molecule has 0 bridgehead atoms. The zero-order valence-corrected chi connectivity index (χ0v) is 9.16. The highest BCUT2D eigenvalue weighted by Crippen LogP contribution is 2.09. The second-order valence-corrected chi connectivity index (χ2v) is 3.61. The van der Waals surface area contributed by atoms with Crippen molar-refractivity contribution >= 4 is 5.69 Å². The summed E-state index contributed by atoms with van der Waals surface area (Å²) in [6.07, 6.45) is 1.20. The molecule has 2 nitrogen and oxygen atoms in total. The van der Waals surface area contributed by atoms with Gasteiger partial charge in [0.25, 0.3) is 0 Å². The predicted molar refractivity (Wildman–Crippen MR) is 62.1 cm³/mol. The van der Waals surface area contributed by atoms with Crippen LogP contribution in [-0.2, 0) is 6.54 Å². The molecule has 0 saturated carbocycles. The third-order valence-electron chi connectivity index (χ3n) is 2.34. The molecule has 78 valence electrons. The van der Waals surface area contributed by atoms with E-state index in [1.54, 1.807) is 0 Å². The average Bonchev–Trinajstić information content (AvgIpc) is 2.17. The van der Waals surface area contributed by atoms with E-state index in [0.29, 0.717) is 0 Å². The van der Waals surface area contributed by atoms with Gasteiger partial charge in [-0.1, -0.05) is 26.0 Å². The Kier molecular flexibility index (Phi) is 4.47. The van der Waals surface area contributed by atoms with Gasteiger partial charge in [0.05, 0.1) is 0 Å². The van der Waals surface area contributed by atoms with Crippen molar-refractivity contribution in [3.05, 3.63) is 29.8 Å².